The van der Waals surface area contributed by atoms with E-state index in [9.17, 15) is 13.2 Å². The van der Waals surface area contributed by atoms with Crippen LogP contribution in [0, 0.1) is 0 Å². The first-order valence-corrected chi connectivity index (χ1v) is 11.7. The zero-order valence-corrected chi connectivity index (χ0v) is 17.9. The predicted octanol–water partition coefficient (Wildman–Crippen LogP) is 5.30. The Hall–Kier alpha value is -2.12. The topological polar surface area (TPSA) is 77.2 Å². The van der Waals surface area contributed by atoms with Crippen molar-refractivity contribution in [3.8, 4) is 11.1 Å². The van der Waals surface area contributed by atoms with Crippen LogP contribution in [-0.2, 0) is 21.2 Å². The van der Waals surface area contributed by atoms with Crippen molar-refractivity contribution < 1.29 is 13.2 Å². The summed E-state index contributed by atoms with van der Waals surface area (Å²) in [6.45, 7) is 0. The van der Waals surface area contributed by atoms with Gasteiger partial charge in [0.1, 0.15) is 0 Å². The van der Waals surface area contributed by atoms with E-state index < -0.39 is 10.0 Å². The van der Waals surface area contributed by atoms with Crippen molar-refractivity contribution in [1.82, 2.24) is 0 Å². The van der Waals surface area contributed by atoms with Crippen molar-refractivity contribution in [2.24, 2.45) is 5.14 Å². The standard InChI is InChI=1S/C22H20ClNO3S2/c23-19-11-7-16(8-12-19)3-1-6-22(25)28-20-5-2-4-18(15-20)17-9-13-21(14-10-17)29(24,26)27/h2,4-5,7-15H,1,3,6H2,(H2,24,26,27). The van der Waals surface area contributed by atoms with Crippen LogP contribution in [0.25, 0.3) is 11.1 Å². The second-order valence-electron chi connectivity index (χ2n) is 6.55. The summed E-state index contributed by atoms with van der Waals surface area (Å²) in [5.41, 5.74) is 2.93. The molecule has 2 N–H and O–H groups in total. The first-order chi connectivity index (χ1) is 13.8. The van der Waals surface area contributed by atoms with Gasteiger partial charge in [-0.05, 0) is 65.9 Å². The average molecular weight is 446 g/mol. The SMILES string of the molecule is NS(=O)(=O)c1ccc(-c2cccc(SC(=O)CCCc3ccc(Cl)cc3)c2)cc1. The van der Waals surface area contributed by atoms with Gasteiger partial charge in [0.2, 0.25) is 10.0 Å². The van der Waals surface area contributed by atoms with Gasteiger partial charge in [-0.25, -0.2) is 13.6 Å². The molecule has 150 valence electrons. The Kier molecular flexibility index (Phi) is 7.14. The highest BCUT2D eigenvalue weighted by molar-refractivity contribution is 8.13. The van der Waals surface area contributed by atoms with Gasteiger partial charge < -0.3 is 0 Å². The van der Waals surface area contributed by atoms with Crippen LogP contribution in [0.4, 0.5) is 0 Å². The van der Waals surface area contributed by atoms with Gasteiger partial charge in [-0.15, -0.1) is 0 Å². The molecule has 0 saturated carbocycles. The summed E-state index contributed by atoms with van der Waals surface area (Å²) in [6, 6.07) is 21.6. The Morgan fingerprint density at radius 2 is 1.62 bits per heavy atom. The predicted molar refractivity (Wildman–Crippen MR) is 119 cm³/mol. The molecule has 0 amide bonds. The molecule has 4 nitrogen and oxygen atoms in total. The summed E-state index contributed by atoms with van der Waals surface area (Å²) in [7, 11) is -3.71. The molecule has 0 aliphatic rings. The van der Waals surface area contributed by atoms with Crippen molar-refractivity contribution in [2.75, 3.05) is 0 Å². The number of thioether (sulfide) groups is 1. The number of hydrogen-bond acceptors (Lipinski definition) is 4. The number of hydrogen-bond donors (Lipinski definition) is 1. The van der Waals surface area contributed by atoms with Crippen LogP contribution < -0.4 is 5.14 Å². The number of rotatable bonds is 7. The lowest BCUT2D eigenvalue weighted by Gasteiger charge is -2.06. The van der Waals surface area contributed by atoms with Crippen molar-refractivity contribution in [2.45, 2.75) is 29.1 Å². The van der Waals surface area contributed by atoms with Crippen molar-refractivity contribution in [3.63, 3.8) is 0 Å². The molecule has 0 saturated heterocycles. The van der Waals surface area contributed by atoms with Crippen LogP contribution in [0.2, 0.25) is 5.02 Å². The highest BCUT2D eigenvalue weighted by Gasteiger charge is 2.09. The van der Waals surface area contributed by atoms with Gasteiger partial charge in [-0.2, -0.15) is 0 Å². The van der Waals surface area contributed by atoms with Crippen LogP contribution >= 0.6 is 23.4 Å². The number of sulfonamides is 1. The van der Waals surface area contributed by atoms with Crippen LogP contribution in [0.3, 0.4) is 0 Å². The first-order valence-electron chi connectivity index (χ1n) is 9.00. The fourth-order valence-corrected chi connectivity index (χ4v) is 4.33. The highest BCUT2D eigenvalue weighted by Crippen LogP contribution is 2.28. The maximum Gasteiger partial charge on any atom is 0.238 e. The van der Waals surface area contributed by atoms with Gasteiger partial charge in [-0.1, -0.05) is 59.8 Å². The molecule has 0 atom stereocenters. The van der Waals surface area contributed by atoms with Gasteiger partial charge in [0.15, 0.2) is 5.12 Å². The molecule has 3 aromatic rings. The van der Waals surface area contributed by atoms with Gasteiger partial charge in [-0.3, -0.25) is 4.79 Å². The molecule has 0 fully saturated rings. The molecule has 0 spiro atoms. The van der Waals surface area contributed by atoms with Crippen molar-refractivity contribution in [3.05, 3.63) is 83.4 Å². The summed E-state index contributed by atoms with van der Waals surface area (Å²) < 4.78 is 22.8. The summed E-state index contributed by atoms with van der Waals surface area (Å²) in [5, 5.41) is 5.95. The number of halogens is 1. The molecular weight excluding hydrogens is 426 g/mol. The third-order valence-electron chi connectivity index (χ3n) is 4.34. The lowest BCUT2D eigenvalue weighted by atomic mass is 10.1. The number of benzene rings is 3. The average Bonchev–Trinajstić information content (AvgIpc) is 2.69. The van der Waals surface area contributed by atoms with Crippen LogP contribution in [0.5, 0.6) is 0 Å². The Labute approximate surface area is 180 Å². The van der Waals surface area contributed by atoms with E-state index in [1.165, 1.54) is 23.9 Å². The second-order valence-corrected chi connectivity index (χ2v) is 9.68. The Balaban J connectivity index is 1.59. The maximum absolute atomic E-state index is 12.3. The summed E-state index contributed by atoms with van der Waals surface area (Å²) in [6.07, 6.45) is 2.10. The number of primary sulfonamides is 1. The second kappa shape index (κ2) is 9.59. The molecule has 0 radical (unpaired) electrons. The molecule has 0 aliphatic heterocycles. The summed E-state index contributed by atoms with van der Waals surface area (Å²) in [5.74, 6) is 0. The van der Waals surface area contributed by atoms with E-state index >= 15 is 0 Å². The monoisotopic (exact) mass is 445 g/mol. The molecular formula is C22H20ClNO3S2. The molecule has 3 rings (SSSR count). The first kappa shape index (κ1) is 21.6. The maximum atomic E-state index is 12.3. The Bertz CT molecular complexity index is 1100. The van der Waals surface area contributed by atoms with Gasteiger partial charge in [0.05, 0.1) is 4.90 Å². The largest absolute Gasteiger partial charge is 0.287 e. The number of carbonyl (C=O) groups is 1. The number of carbonyl (C=O) groups excluding carboxylic acids is 1. The van der Waals surface area contributed by atoms with E-state index in [-0.39, 0.29) is 10.0 Å². The molecule has 0 unspecified atom stereocenters. The zero-order chi connectivity index (χ0) is 20.9. The van der Waals surface area contributed by atoms with E-state index in [2.05, 4.69) is 0 Å². The normalized spacial score (nSPS) is 11.4. The minimum Gasteiger partial charge on any atom is -0.287 e. The molecule has 7 heteroatoms. The lowest BCUT2D eigenvalue weighted by molar-refractivity contribution is -0.111. The third-order valence-corrected chi connectivity index (χ3v) is 6.44. The fraction of sp³-hybridized carbons (Fsp3) is 0.136. The third kappa shape index (κ3) is 6.44. The number of aryl methyl sites for hydroxylation is 1. The van der Waals surface area contributed by atoms with Gasteiger partial charge in [0.25, 0.3) is 0 Å². The van der Waals surface area contributed by atoms with E-state index in [1.807, 2.05) is 48.5 Å². The van der Waals surface area contributed by atoms with Gasteiger partial charge >= 0.3 is 0 Å². The summed E-state index contributed by atoms with van der Waals surface area (Å²) in [4.78, 5) is 13.2. The highest BCUT2D eigenvalue weighted by atomic mass is 35.5. The minimum atomic E-state index is -3.71. The molecule has 29 heavy (non-hydrogen) atoms. The van der Waals surface area contributed by atoms with Gasteiger partial charge in [0, 0.05) is 16.3 Å². The number of nitrogens with two attached hydrogens (primary N) is 1. The summed E-state index contributed by atoms with van der Waals surface area (Å²) >= 11 is 7.10. The van der Waals surface area contributed by atoms with E-state index in [0.717, 1.165) is 34.4 Å². The Morgan fingerprint density at radius 3 is 2.28 bits per heavy atom. The molecule has 0 aliphatic carbocycles. The molecule has 0 aromatic heterocycles. The van der Waals surface area contributed by atoms with Crippen molar-refractivity contribution >= 4 is 38.5 Å². The quantitative estimate of drug-likeness (QED) is 0.501. The minimum absolute atomic E-state index is 0.0719. The van der Waals surface area contributed by atoms with Crippen molar-refractivity contribution in [1.29, 1.82) is 0 Å². The van der Waals surface area contributed by atoms with Crippen LogP contribution in [0.1, 0.15) is 18.4 Å². The smallest absolute Gasteiger partial charge is 0.238 e. The van der Waals surface area contributed by atoms with Crippen LogP contribution in [0.15, 0.2) is 82.6 Å². The van der Waals surface area contributed by atoms with E-state index in [0.29, 0.717) is 11.4 Å². The Morgan fingerprint density at radius 1 is 0.931 bits per heavy atom. The zero-order valence-electron chi connectivity index (χ0n) is 15.5. The van der Waals surface area contributed by atoms with Crippen LogP contribution in [-0.4, -0.2) is 13.5 Å². The lowest BCUT2D eigenvalue weighted by Crippen LogP contribution is -2.11. The fourth-order valence-electron chi connectivity index (χ4n) is 2.85. The molecule has 0 heterocycles. The molecule has 0 bridgehead atoms. The van der Waals surface area contributed by atoms with E-state index in [4.69, 9.17) is 16.7 Å². The van der Waals surface area contributed by atoms with E-state index in [1.54, 1.807) is 12.1 Å². The molecule has 3 aromatic carbocycles.